The van der Waals surface area contributed by atoms with E-state index in [1.165, 1.54) is 6.07 Å². The van der Waals surface area contributed by atoms with Crippen molar-refractivity contribution in [2.75, 3.05) is 6.54 Å². The zero-order chi connectivity index (χ0) is 13.9. The van der Waals surface area contributed by atoms with Crippen molar-refractivity contribution in [2.45, 2.75) is 18.2 Å². The quantitative estimate of drug-likeness (QED) is 0.842. The molecule has 0 saturated carbocycles. The highest BCUT2D eigenvalue weighted by atomic mass is 79.9. The summed E-state index contributed by atoms with van der Waals surface area (Å²) in [5, 5.41) is 2.46. The highest BCUT2D eigenvalue weighted by molar-refractivity contribution is 9.10. The number of halogens is 3. The van der Waals surface area contributed by atoms with Crippen LogP contribution in [0.5, 0.6) is 0 Å². The zero-order valence-corrected chi connectivity index (χ0v) is 12.5. The van der Waals surface area contributed by atoms with Crippen LogP contribution in [-0.4, -0.2) is 20.9 Å². The number of rotatable bonds is 4. The van der Waals surface area contributed by atoms with Crippen LogP contribution in [0.25, 0.3) is 0 Å². The molecule has 1 rings (SSSR count). The van der Waals surface area contributed by atoms with Crippen LogP contribution < -0.4 is 5.32 Å². The van der Waals surface area contributed by atoms with Gasteiger partial charge in [-0.3, -0.25) is 4.79 Å². The maximum atomic E-state index is 13.9. The van der Waals surface area contributed by atoms with Crippen LogP contribution in [0, 0.1) is 5.82 Å². The van der Waals surface area contributed by atoms with E-state index in [4.69, 9.17) is 10.7 Å². The van der Waals surface area contributed by atoms with E-state index >= 15 is 0 Å². The second-order valence-corrected chi connectivity index (χ2v) is 6.91. The molecule has 0 saturated heterocycles. The minimum absolute atomic E-state index is 0.254. The van der Waals surface area contributed by atoms with Gasteiger partial charge in [-0.15, -0.1) is 0 Å². The van der Waals surface area contributed by atoms with Crippen molar-refractivity contribution >= 4 is 41.6 Å². The van der Waals surface area contributed by atoms with Gasteiger partial charge in [0.05, 0.1) is 5.56 Å². The molecule has 4 nitrogen and oxygen atoms in total. The minimum Gasteiger partial charge on any atom is -0.352 e. The van der Waals surface area contributed by atoms with E-state index in [9.17, 15) is 17.6 Å². The van der Waals surface area contributed by atoms with Gasteiger partial charge in [0, 0.05) is 21.7 Å². The summed E-state index contributed by atoms with van der Waals surface area (Å²) in [4.78, 5) is 10.9. The molecule has 18 heavy (non-hydrogen) atoms. The van der Waals surface area contributed by atoms with E-state index in [1.807, 2.05) is 6.92 Å². The molecule has 0 radical (unpaired) electrons. The Kier molecular flexibility index (Phi) is 5.12. The van der Waals surface area contributed by atoms with Gasteiger partial charge in [-0.25, -0.2) is 12.8 Å². The van der Waals surface area contributed by atoms with Crippen molar-refractivity contribution in [3.8, 4) is 0 Å². The maximum Gasteiger partial charge on any atom is 0.264 e. The molecule has 0 aliphatic heterocycles. The lowest BCUT2D eigenvalue weighted by atomic mass is 10.2. The number of carbonyl (C=O) groups is 1. The smallest absolute Gasteiger partial charge is 0.264 e. The molecule has 1 aromatic rings. The van der Waals surface area contributed by atoms with Crippen molar-refractivity contribution in [1.29, 1.82) is 0 Å². The topological polar surface area (TPSA) is 63.2 Å². The molecule has 0 aromatic heterocycles. The van der Waals surface area contributed by atoms with Gasteiger partial charge in [-0.05, 0) is 18.6 Å². The van der Waals surface area contributed by atoms with Crippen molar-refractivity contribution in [3.63, 3.8) is 0 Å². The first kappa shape index (κ1) is 15.4. The van der Waals surface area contributed by atoms with Crippen molar-refractivity contribution in [3.05, 3.63) is 28.0 Å². The predicted octanol–water partition coefficient (Wildman–Crippen LogP) is 2.66. The molecule has 0 aliphatic rings. The first-order chi connectivity index (χ1) is 8.27. The van der Waals surface area contributed by atoms with Gasteiger partial charge in [0.15, 0.2) is 5.82 Å². The standard InChI is InChI=1S/C10H10BrClFNO3S/c1-2-3-14-10(15)7-4-6(11)5-8(9(7)13)18(12,16)17/h4-5H,2-3H2,1H3,(H,14,15). The second-order valence-electron chi connectivity index (χ2n) is 3.46. The fraction of sp³-hybridized carbons (Fsp3) is 0.300. The Labute approximate surface area is 117 Å². The van der Waals surface area contributed by atoms with Crippen LogP contribution in [0.15, 0.2) is 21.5 Å². The van der Waals surface area contributed by atoms with Crippen molar-refractivity contribution in [2.24, 2.45) is 0 Å². The van der Waals surface area contributed by atoms with Gasteiger partial charge in [0.1, 0.15) is 4.90 Å². The largest absolute Gasteiger partial charge is 0.352 e. The molecule has 0 bridgehead atoms. The van der Waals surface area contributed by atoms with Crippen LogP contribution in [0.1, 0.15) is 23.7 Å². The van der Waals surface area contributed by atoms with Crippen LogP contribution in [0.3, 0.4) is 0 Å². The number of benzene rings is 1. The lowest BCUT2D eigenvalue weighted by Gasteiger charge is -2.08. The molecule has 100 valence electrons. The molecule has 0 atom stereocenters. The van der Waals surface area contributed by atoms with E-state index in [2.05, 4.69) is 21.2 Å². The lowest BCUT2D eigenvalue weighted by molar-refractivity contribution is 0.0949. The Hall–Kier alpha value is -0.660. The Bertz CT molecular complexity index is 577. The number of nitrogens with one attached hydrogen (secondary N) is 1. The third kappa shape index (κ3) is 3.66. The van der Waals surface area contributed by atoms with Gasteiger partial charge in [0.25, 0.3) is 15.0 Å². The van der Waals surface area contributed by atoms with Gasteiger partial charge >= 0.3 is 0 Å². The van der Waals surface area contributed by atoms with Crippen LogP contribution in [0.2, 0.25) is 0 Å². The van der Waals surface area contributed by atoms with Gasteiger partial charge in [-0.2, -0.15) is 0 Å². The minimum atomic E-state index is -4.25. The van der Waals surface area contributed by atoms with Gasteiger partial charge in [-0.1, -0.05) is 22.9 Å². The highest BCUT2D eigenvalue weighted by Gasteiger charge is 2.23. The summed E-state index contributed by atoms with van der Waals surface area (Å²) in [7, 11) is 0.851. The first-order valence-electron chi connectivity index (χ1n) is 4.99. The van der Waals surface area contributed by atoms with Crippen molar-refractivity contribution in [1.82, 2.24) is 5.32 Å². The first-order valence-corrected chi connectivity index (χ1v) is 8.09. The average Bonchev–Trinajstić information content (AvgIpc) is 2.27. The lowest BCUT2D eigenvalue weighted by Crippen LogP contribution is -2.25. The third-order valence-corrected chi connectivity index (χ3v) is 3.83. The molecule has 1 N–H and O–H groups in total. The predicted molar refractivity (Wildman–Crippen MR) is 69.8 cm³/mol. The number of hydrogen-bond donors (Lipinski definition) is 1. The SMILES string of the molecule is CCCNC(=O)c1cc(Br)cc(S(=O)(=O)Cl)c1F. The fourth-order valence-corrected chi connectivity index (χ4v) is 2.78. The summed E-state index contributed by atoms with van der Waals surface area (Å²) in [5.74, 6) is -1.83. The summed E-state index contributed by atoms with van der Waals surface area (Å²) < 4.78 is 36.5. The molecule has 1 amide bonds. The normalized spacial score (nSPS) is 11.3. The molecule has 8 heteroatoms. The molecule has 1 aromatic carbocycles. The summed E-state index contributed by atoms with van der Waals surface area (Å²) in [6.45, 7) is 2.21. The Balaban J connectivity index is 3.30. The highest BCUT2D eigenvalue weighted by Crippen LogP contribution is 2.26. The molecule has 0 spiro atoms. The molecular weight excluding hydrogens is 349 g/mol. The second kappa shape index (κ2) is 5.99. The summed E-state index contributed by atoms with van der Waals surface area (Å²) in [6.07, 6.45) is 0.683. The average molecular weight is 359 g/mol. The van der Waals surface area contributed by atoms with Crippen LogP contribution in [0.4, 0.5) is 4.39 Å². The van der Waals surface area contributed by atoms with Gasteiger partial charge in [0.2, 0.25) is 0 Å². The Morgan fingerprint density at radius 3 is 2.61 bits per heavy atom. The monoisotopic (exact) mass is 357 g/mol. The Morgan fingerprint density at radius 1 is 1.50 bits per heavy atom. The van der Waals surface area contributed by atoms with E-state index < -0.39 is 25.7 Å². The summed E-state index contributed by atoms with van der Waals surface area (Å²) in [6, 6.07) is 2.21. The fourth-order valence-electron chi connectivity index (χ4n) is 1.24. The molecule has 0 unspecified atom stereocenters. The third-order valence-electron chi connectivity index (χ3n) is 2.05. The van der Waals surface area contributed by atoms with E-state index in [0.29, 0.717) is 13.0 Å². The number of hydrogen-bond acceptors (Lipinski definition) is 3. The molecule has 0 heterocycles. The zero-order valence-electron chi connectivity index (χ0n) is 9.34. The number of amides is 1. The Morgan fingerprint density at radius 2 is 2.11 bits per heavy atom. The van der Waals surface area contributed by atoms with Crippen LogP contribution >= 0.6 is 26.6 Å². The van der Waals surface area contributed by atoms with Gasteiger partial charge < -0.3 is 5.32 Å². The van der Waals surface area contributed by atoms with E-state index in [0.717, 1.165) is 6.07 Å². The van der Waals surface area contributed by atoms with Crippen molar-refractivity contribution < 1.29 is 17.6 Å². The summed E-state index contributed by atoms with van der Waals surface area (Å²) in [5.41, 5.74) is -0.364. The molecule has 0 aliphatic carbocycles. The van der Waals surface area contributed by atoms with E-state index in [1.54, 1.807) is 0 Å². The van der Waals surface area contributed by atoms with E-state index in [-0.39, 0.29) is 10.0 Å². The summed E-state index contributed by atoms with van der Waals surface area (Å²) >= 11 is 3.01. The maximum absolute atomic E-state index is 13.9. The van der Waals surface area contributed by atoms with Crippen LogP contribution in [-0.2, 0) is 9.05 Å². The molecular formula is C10H10BrClFNO3S. The number of carbonyl (C=O) groups excluding carboxylic acids is 1. The molecule has 0 fully saturated rings.